The van der Waals surface area contributed by atoms with Crippen LogP contribution >= 0.6 is 11.9 Å². The number of amides is 2. The summed E-state index contributed by atoms with van der Waals surface area (Å²) in [6, 6.07) is -0.469. The van der Waals surface area contributed by atoms with Crippen molar-refractivity contribution >= 4 is 18.0 Å². The maximum Gasteiger partial charge on any atom is 0.322 e. The highest BCUT2D eigenvalue weighted by Gasteiger charge is 1.87. The lowest BCUT2D eigenvalue weighted by Crippen LogP contribution is -2.23. The third-order valence-corrected chi connectivity index (χ3v) is 1.44. The molecule has 0 rings (SSSR count). The second kappa shape index (κ2) is 7.58. The molecule has 0 aliphatic rings. The van der Waals surface area contributed by atoms with E-state index in [1.807, 2.05) is 6.92 Å². The molecule has 0 heterocycles. The van der Waals surface area contributed by atoms with Crippen molar-refractivity contribution < 1.29 is 10.3 Å². The van der Waals surface area contributed by atoms with Crippen molar-refractivity contribution in [2.45, 2.75) is 13.3 Å². The zero-order chi connectivity index (χ0) is 6.41. The van der Waals surface area contributed by atoms with E-state index in [1.165, 1.54) is 11.9 Å². The highest BCUT2D eigenvalue weighted by molar-refractivity contribution is 7.97. The van der Waals surface area contributed by atoms with Crippen LogP contribution in [0, 0.1) is 0 Å². The molecule has 2 amide bonds. The number of urea groups is 1. The van der Waals surface area contributed by atoms with Crippen LogP contribution < -0.4 is 10.5 Å². The number of hydrogen-bond acceptors (Lipinski definition) is 2. The first-order valence-electron chi connectivity index (χ1n) is 2.44. The molecular formula is C4H12N2O2S. The van der Waals surface area contributed by atoms with Crippen LogP contribution in [0.15, 0.2) is 0 Å². The van der Waals surface area contributed by atoms with E-state index in [4.69, 9.17) is 5.73 Å². The summed E-state index contributed by atoms with van der Waals surface area (Å²) in [5.74, 6) is 0.920. The lowest BCUT2D eigenvalue weighted by atomic mass is 10.6. The van der Waals surface area contributed by atoms with Crippen molar-refractivity contribution in [2.75, 3.05) is 5.75 Å². The minimum absolute atomic E-state index is 0. The number of hydrogen-bond donors (Lipinski definition) is 2. The number of carbonyl (C=O) groups excluding carboxylic acids is 1. The summed E-state index contributed by atoms with van der Waals surface area (Å²) in [5.41, 5.74) is 4.76. The monoisotopic (exact) mass is 152 g/mol. The number of nitrogens with two attached hydrogens (primary N) is 1. The minimum atomic E-state index is -0.469. The Morgan fingerprint density at radius 3 is 2.67 bits per heavy atom. The highest BCUT2D eigenvalue weighted by Crippen LogP contribution is 1.93. The van der Waals surface area contributed by atoms with Crippen LogP contribution in [-0.4, -0.2) is 17.3 Å². The lowest BCUT2D eigenvalue weighted by molar-refractivity contribution is 0.254. The fourth-order valence-corrected chi connectivity index (χ4v) is 0.673. The molecule has 9 heavy (non-hydrogen) atoms. The maximum atomic E-state index is 9.96. The molecule has 0 saturated heterocycles. The van der Waals surface area contributed by atoms with Gasteiger partial charge in [-0.3, -0.25) is 4.72 Å². The Kier molecular flexibility index (Phi) is 9.59. The third-order valence-electron chi connectivity index (χ3n) is 0.479. The SMILES string of the molecule is CCCSNC(N)=O.O. The van der Waals surface area contributed by atoms with Crippen LogP contribution in [0.2, 0.25) is 0 Å². The molecule has 0 atom stereocenters. The van der Waals surface area contributed by atoms with E-state index in [1.54, 1.807) is 0 Å². The Labute approximate surface area is 58.6 Å². The van der Waals surface area contributed by atoms with E-state index in [0.717, 1.165) is 12.2 Å². The quantitative estimate of drug-likeness (QED) is 0.436. The van der Waals surface area contributed by atoms with Gasteiger partial charge in [0.15, 0.2) is 0 Å². The summed E-state index contributed by atoms with van der Waals surface area (Å²) in [7, 11) is 0. The molecule has 56 valence electrons. The maximum absolute atomic E-state index is 9.96. The summed E-state index contributed by atoms with van der Waals surface area (Å²) in [5, 5.41) is 0. The zero-order valence-corrected chi connectivity index (χ0v) is 6.12. The van der Waals surface area contributed by atoms with Crippen molar-refractivity contribution in [1.29, 1.82) is 0 Å². The molecule has 0 aliphatic heterocycles. The van der Waals surface area contributed by atoms with Crippen molar-refractivity contribution in [3.63, 3.8) is 0 Å². The topological polar surface area (TPSA) is 86.6 Å². The first-order valence-corrected chi connectivity index (χ1v) is 3.43. The van der Waals surface area contributed by atoms with Gasteiger partial charge in [0.1, 0.15) is 0 Å². The van der Waals surface area contributed by atoms with E-state index in [0.29, 0.717) is 0 Å². The van der Waals surface area contributed by atoms with Gasteiger partial charge < -0.3 is 11.2 Å². The average Bonchev–Trinajstić information content (AvgIpc) is 1.66. The van der Waals surface area contributed by atoms with E-state index in [2.05, 4.69) is 4.72 Å². The van der Waals surface area contributed by atoms with Gasteiger partial charge >= 0.3 is 6.03 Å². The Bertz CT molecular complexity index is 79.0. The van der Waals surface area contributed by atoms with E-state index in [-0.39, 0.29) is 5.48 Å². The fraction of sp³-hybridized carbons (Fsp3) is 0.750. The number of nitrogens with one attached hydrogen (secondary N) is 1. The Morgan fingerprint density at radius 1 is 1.78 bits per heavy atom. The van der Waals surface area contributed by atoms with Gasteiger partial charge in [0.05, 0.1) is 0 Å². The summed E-state index contributed by atoms with van der Waals surface area (Å²) < 4.78 is 2.40. The van der Waals surface area contributed by atoms with Crippen LogP contribution in [-0.2, 0) is 0 Å². The smallest absolute Gasteiger partial charge is 0.322 e. The van der Waals surface area contributed by atoms with Gasteiger partial charge in [0.2, 0.25) is 0 Å². The fourth-order valence-electron chi connectivity index (χ4n) is 0.224. The second-order valence-corrected chi connectivity index (χ2v) is 2.22. The molecule has 0 aromatic rings. The molecule has 0 aromatic heterocycles. The molecule has 0 bridgehead atoms. The van der Waals surface area contributed by atoms with E-state index < -0.39 is 6.03 Å². The van der Waals surface area contributed by atoms with Gasteiger partial charge in [0.25, 0.3) is 0 Å². The van der Waals surface area contributed by atoms with E-state index >= 15 is 0 Å². The third kappa shape index (κ3) is 11.3. The molecule has 5 heteroatoms. The summed E-state index contributed by atoms with van der Waals surface area (Å²) in [4.78, 5) is 9.96. The lowest BCUT2D eigenvalue weighted by Gasteiger charge is -1.95. The molecule has 0 unspecified atom stereocenters. The standard InChI is InChI=1S/C4H10N2OS.H2O/c1-2-3-8-6-4(5)7;/h2-3H2,1H3,(H3,5,6,7);1H2. The zero-order valence-electron chi connectivity index (χ0n) is 5.31. The van der Waals surface area contributed by atoms with Crippen LogP contribution in [0.4, 0.5) is 4.79 Å². The molecule has 0 aliphatic carbocycles. The molecular weight excluding hydrogens is 140 g/mol. The predicted molar refractivity (Wildman–Crippen MR) is 39.1 cm³/mol. The van der Waals surface area contributed by atoms with Crippen molar-refractivity contribution in [1.82, 2.24) is 4.72 Å². The molecule has 4 nitrogen and oxygen atoms in total. The molecule has 0 saturated carbocycles. The first-order chi connectivity index (χ1) is 3.77. The van der Waals surface area contributed by atoms with E-state index in [9.17, 15) is 4.79 Å². The number of carbonyl (C=O) groups is 1. The van der Waals surface area contributed by atoms with Crippen molar-refractivity contribution in [3.05, 3.63) is 0 Å². The predicted octanol–water partition coefficient (Wildman–Crippen LogP) is -0.112. The molecule has 0 radical (unpaired) electrons. The number of rotatable bonds is 3. The van der Waals surface area contributed by atoms with Crippen LogP contribution in [0.25, 0.3) is 0 Å². The molecule has 0 fully saturated rings. The Morgan fingerprint density at radius 2 is 2.33 bits per heavy atom. The van der Waals surface area contributed by atoms with Crippen LogP contribution in [0.3, 0.4) is 0 Å². The molecule has 0 aromatic carbocycles. The highest BCUT2D eigenvalue weighted by atomic mass is 32.2. The first kappa shape index (κ1) is 11.4. The van der Waals surface area contributed by atoms with Crippen LogP contribution in [0.1, 0.15) is 13.3 Å². The number of primary amides is 1. The summed E-state index contributed by atoms with van der Waals surface area (Å²) >= 11 is 1.34. The summed E-state index contributed by atoms with van der Waals surface area (Å²) in [6.45, 7) is 2.04. The Hall–Kier alpha value is -0.420. The normalized spacial score (nSPS) is 7.67. The van der Waals surface area contributed by atoms with Gasteiger partial charge in [0, 0.05) is 5.75 Å². The van der Waals surface area contributed by atoms with Crippen molar-refractivity contribution in [3.8, 4) is 0 Å². The average molecular weight is 152 g/mol. The largest absolute Gasteiger partial charge is 0.412 e. The molecule has 5 N–H and O–H groups in total. The van der Waals surface area contributed by atoms with Gasteiger partial charge in [-0.25, -0.2) is 4.79 Å². The van der Waals surface area contributed by atoms with Gasteiger partial charge in [-0.2, -0.15) is 0 Å². The van der Waals surface area contributed by atoms with Gasteiger partial charge in [-0.05, 0) is 18.4 Å². The minimum Gasteiger partial charge on any atom is -0.412 e. The Balaban J connectivity index is 0. The molecule has 0 spiro atoms. The van der Waals surface area contributed by atoms with Gasteiger partial charge in [-0.15, -0.1) is 0 Å². The van der Waals surface area contributed by atoms with Crippen molar-refractivity contribution in [2.24, 2.45) is 5.73 Å². The summed E-state index contributed by atoms with van der Waals surface area (Å²) in [6.07, 6.45) is 1.05. The second-order valence-electron chi connectivity index (χ2n) is 1.31. The van der Waals surface area contributed by atoms with Crippen LogP contribution in [0.5, 0.6) is 0 Å². The van der Waals surface area contributed by atoms with Gasteiger partial charge in [-0.1, -0.05) is 6.92 Å².